The highest BCUT2D eigenvalue weighted by Gasteiger charge is 2.27. The zero-order chi connectivity index (χ0) is 23.9. The van der Waals surface area contributed by atoms with Crippen LogP contribution in [0.3, 0.4) is 0 Å². The zero-order valence-corrected chi connectivity index (χ0v) is 20.6. The maximum Gasteiger partial charge on any atom is 0.342 e. The van der Waals surface area contributed by atoms with Gasteiger partial charge in [-0.15, -0.1) is 0 Å². The number of hydrogen-bond donors (Lipinski definition) is 2. The Labute approximate surface area is 199 Å². The summed E-state index contributed by atoms with van der Waals surface area (Å²) in [5.41, 5.74) is 2.15. The van der Waals surface area contributed by atoms with E-state index in [4.69, 9.17) is 9.47 Å². The first-order chi connectivity index (χ1) is 16.1. The van der Waals surface area contributed by atoms with Gasteiger partial charge in [0.2, 0.25) is 0 Å². The Hall–Kier alpha value is -1.92. The number of esters is 1. The van der Waals surface area contributed by atoms with Crippen molar-refractivity contribution in [2.75, 3.05) is 13.2 Å². The van der Waals surface area contributed by atoms with E-state index in [0.29, 0.717) is 19.6 Å². The van der Waals surface area contributed by atoms with E-state index in [2.05, 4.69) is 19.2 Å². The van der Waals surface area contributed by atoms with Crippen LogP contribution in [0.25, 0.3) is 0 Å². The summed E-state index contributed by atoms with van der Waals surface area (Å²) in [6, 6.07) is 3.47. The van der Waals surface area contributed by atoms with Crippen molar-refractivity contribution in [3.63, 3.8) is 0 Å². The maximum absolute atomic E-state index is 13.1. The zero-order valence-electron chi connectivity index (χ0n) is 20.6. The fraction of sp³-hybridized carbons (Fsp3) is 0.704. The Morgan fingerprint density at radius 1 is 0.939 bits per heavy atom. The summed E-state index contributed by atoms with van der Waals surface area (Å²) in [4.78, 5) is 25.1. The van der Waals surface area contributed by atoms with Crippen molar-refractivity contribution in [2.24, 2.45) is 0 Å². The quantitative estimate of drug-likeness (QED) is 0.211. The summed E-state index contributed by atoms with van der Waals surface area (Å²) < 4.78 is 10.8. The number of carbonyl (C=O) groups excluding carboxylic acids is 1. The first-order valence-corrected chi connectivity index (χ1v) is 13.0. The molecule has 33 heavy (non-hydrogen) atoms. The highest BCUT2D eigenvalue weighted by atomic mass is 16.7. The molecule has 0 saturated carbocycles. The number of nitrogens with one attached hydrogen (secondary N) is 1. The van der Waals surface area contributed by atoms with Gasteiger partial charge < -0.3 is 14.6 Å². The van der Waals surface area contributed by atoms with Gasteiger partial charge in [-0.3, -0.25) is 5.32 Å². The van der Waals surface area contributed by atoms with Crippen LogP contribution in [0.1, 0.15) is 123 Å². The van der Waals surface area contributed by atoms with E-state index in [1.165, 1.54) is 51.4 Å². The predicted octanol–water partition coefficient (Wildman–Crippen LogP) is 6.25. The van der Waals surface area contributed by atoms with Crippen molar-refractivity contribution in [3.8, 4) is 0 Å². The topological polar surface area (TPSA) is 84.9 Å². The van der Waals surface area contributed by atoms with Crippen molar-refractivity contribution in [2.45, 2.75) is 110 Å². The number of benzene rings is 1. The molecule has 2 N–H and O–H groups in total. The smallest absolute Gasteiger partial charge is 0.342 e. The van der Waals surface area contributed by atoms with Crippen LogP contribution in [0, 0.1) is 0 Å². The van der Waals surface area contributed by atoms with Gasteiger partial charge in [-0.25, -0.2) is 9.59 Å². The number of hydrogen-bond acceptors (Lipinski definition) is 5. The van der Waals surface area contributed by atoms with Gasteiger partial charge in [0.1, 0.15) is 0 Å². The number of ether oxygens (including phenoxy) is 2. The summed E-state index contributed by atoms with van der Waals surface area (Å²) in [6.45, 7) is 5.48. The van der Waals surface area contributed by atoms with Crippen molar-refractivity contribution < 1.29 is 24.2 Å². The van der Waals surface area contributed by atoms with Crippen LogP contribution in [0.5, 0.6) is 0 Å². The van der Waals surface area contributed by atoms with E-state index in [-0.39, 0.29) is 11.1 Å². The molecule has 186 valence electrons. The number of carboxylic acid groups (broad SMARTS) is 1. The second-order valence-corrected chi connectivity index (χ2v) is 9.03. The van der Waals surface area contributed by atoms with Crippen molar-refractivity contribution in [3.05, 3.63) is 34.4 Å². The SMILES string of the molecule is CCCCCCCCc1ccc(C(=O)O)c(C(=O)OC2NCCO2)c1CCCCCCCC. The maximum atomic E-state index is 13.1. The second kappa shape index (κ2) is 15.8. The molecule has 6 heteroatoms. The van der Waals surface area contributed by atoms with Crippen LogP contribution in [-0.2, 0) is 22.3 Å². The summed E-state index contributed by atoms with van der Waals surface area (Å²) >= 11 is 0. The number of carbonyl (C=O) groups is 2. The summed E-state index contributed by atoms with van der Waals surface area (Å²) in [7, 11) is 0. The number of aromatic carboxylic acids is 1. The van der Waals surface area contributed by atoms with E-state index in [0.717, 1.165) is 43.2 Å². The van der Waals surface area contributed by atoms with Gasteiger partial charge in [0.05, 0.1) is 17.7 Å². The first-order valence-electron chi connectivity index (χ1n) is 13.0. The molecule has 0 bridgehead atoms. The monoisotopic (exact) mass is 461 g/mol. The van der Waals surface area contributed by atoms with Crippen LogP contribution >= 0.6 is 0 Å². The van der Waals surface area contributed by atoms with Gasteiger partial charge in [0.15, 0.2) is 0 Å². The number of unbranched alkanes of at least 4 members (excludes halogenated alkanes) is 10. The molecule has 1 aliphatic rings. The molecular formula is C27H43NO5. The van der Waals surface area contributed by atoms with Crippen molar-refractivity contribution in [1.29, 1.82) is 0 Å². The van der Waals surface area contributed by atoms with Crippen LogP contribution in [-0.4, -0.2) is 36.6 Å². The molecule has 0 radical (unpaired) electrons. The second-order valence-electron chi connectivity index (χ2n) is 9.03. The molecule has 1 atom stereocenters. The molecule has 0 aliphatic carbocycles. The third-order valence-electron chi connectivity index (χ3n) is 6.32. The van der Waals surface area contributed by atoms with Gasteiger partial charge >= 0.3 is 11.9 Å². The molecule has 6 nitrogen and oxygen atoms in total. The molecule has 1 unspecified atom stereocenters. The lowest BCUT2D eigenvalue weighted by atomic mass is 9.89. The average Bonchev–Trinajstić information content (AvgIpc) is 3.31. The molecule has 0 spiro atoms. The lowest BCUT2D eigenvalue weighted by Gasteiger charge is -2.19. The first kappa shape index (κ1) is 27.3. The molecule has 0 aromatic heterocycles. The molecule has 1 aromatic carbocycles. The normalized spacial score (nSPS) is 15.6. The van der Waals surface area contributed by atoms with Crippen LogP contribution < -0.4 is 5.32 Å². The summed E-state index contributed by atoms with van der Waals surface area (Å²) in [5.74, 6) is -1.71. The number of rotatable bonds is 17. The largest absolute Gasteiger partial charge is 0.478 e. The highest BCUT2D eigenvalue weighted by molar-refractivity contribution is 6.04. The van der Waals surface area contributed by atoms with Gasteiger partial charge in [-0.2, -0.15) is 0 Å². The standard InChI is InChI=1S/C27H43NO5/c1-3-5-7-9-11-13-15-21-17-18-23(25(29)30)24(26(31)33-27-28-19-20-32-27)22(21)16-14-12-10-8-6-4-2/h17-18,27-28H,3-16,19-20H2,1-2H3,(H,29,30). The fourth-order valence-electron chi connectivity index (χ4n) is 4.43. The lowest BCUT2D eigenvalue weighted by molar-refractivity contribution is -0.0884. The van der Waals surface area contributed by atoms with Gasteiger partial charge in [0.25, 0.3) is 6.41 Å². The van der Waals surface area contributed by atoms with Gasteiger partial charge in [-0.1, -0.05) is 84.1 Å². The van der Waals surface area contributed by atoms with Crippen molar-refractivity contribution >= 4 is 11.9 Å². The molecule has 2 rings (SSSR count). The minimum absolute atomic E-state index is 0.0191. The molecule has 1 aliphatic heterocycles. The van der Waals surface area contributed by atoms with E-state index < -0.39 is 18.4 Å². The van der Waals surface area contributed by atoms with Crippen LogP contribution in [0.15, 0.2) is 12.1 Å². The van der Waals surface area contributed by atoms with E-state index in [1.807, 2.05) is 6.07 Å². The van der Waals surface area contributed by atoms with Crippen molar-refractivity contribution in [1.82, 2.24) is 5.32 Å². The Balaban J connectivity index is 2.18. The Morgan fingerprint density at radius 3 is 2.12 bits per heavy atom. The molecule has 1 saturated heterocycles. The Kier molecular flexibility index (Phi) is 13.1. The summed E-state index contributed by atoms with van der Waals surface area (Å²) in [5, 5.41) is 12.8. The Morgan fingerprint density at radius 2 is 1.55 bits per heavy atom. The summed E-state index contributed by atoms with van der Waals surface area (Å²) in [6.07, 6.45) is 14.7. The third kappa shape index (κ3) is 9.46. The van der Waals surface area contributed by atoms with E-state index in [9.17, 15) is 14.7 Å². The molecule has 1 aromatic rings. The number of carboxylic acids is 1. The van der Waals surface area contributed by atoms with E-state index in [1.54, 1.807) is 6.07 Å². The lowest BCUT2D eigenvalue weighted by Crippen LogP contribution is -2.30. The number of aryl methyl sites for hydroxylation is 1. The predicted molar refractivity (Wildman–Crippen MR) is 131 cm³/mol. The highest BCUT2D eigenvalue weighted by Crippen LogP contribution is 2.26. The average molecular weight is 462 g/mol. The van der Waals surface area contributed by atoms with Crippen LogP contribution in [0.2, 0.25) is 0 Å². The molecular weight excluding hydrogens is 418 g/mol. The fourth-order valence-corrected chi connectivity index (χ4v) is 4.43. The molecule has 1 heterocycles. The Bertz CT molecular complexity index is 727. The molecule has 1 fully saturated rings. The minimum atomic E-state index is -1.10. The van der Waals surface area contributed by atoms with Crippen LogP contribution in [0.4, 0.5) is 0 Å². The van der Waals surface area contributed by atoms with Gasteiger partial charge in [0, 0.05) is 6.54 Å². The van der Waals surface area contributed by atoms with Gasteiger partial charge in [-0.05, 0) is 42.9 Å². The van der Waals surface area contributed by atoms with E-state index >= 15 is 0 Å². The third-order valence-corrected chi connectivity index (χ3v) is 6.32. The minimum Gasteiger partial charge on any atom is -0.478 e. The molecule has 0 amide bonds.